The van der Waals surface area contributed by atoms with Crippen LogP contribution in [0.15, 0.2) is 41.3 Å². The van der Waals surface area contributed by atoms with Crippen molar-refractivity contribution < 1.29 is 13.2 Å². The first-order valence-electron chi connectivity index (χ1n) is 8.09. The molecule has 8 heteroatoms. The molecule has 0 saturated carbocycles. The van der Waals surface area contributed by atoms with E-state index in [1.165, 1.54) is 18.3 Å². The van der Waals surface area contributed by atoms with Gasteiger partial charge >= 0.3 is 0 Å². The normalized spacial score (nSPS) is 11.5. The lowest BCUT2D eigenvalue weighted by molar-refractivity contribution is -0.114. The molecule has 1 amide bonds. The van der Waals surface area contributed by atoms with Crippen LogP contribution in [0.25, 0.3) is 10.2 Å². The Labute approximate surface area is 156 Å². The van der Waals surface area contributed by atoms with Gasteiger partial charge in [-0.25, -0.2) is 13.4 Å². The molecule has 0 aliphatic heterocycles. The summed E-state index contributed by atoms with van der Waals surface area (Å²) in [6.07, 6.45) is 0.853. The van der Waals surface area contributed by atoms with Gasteiger partial charge in [0.1, 0.15) is 0 Å². The number of carbonyl (C=O) groups is 1. The van der Waals surface area contributed by atoms with Gasteiger partial charge in [0, 0.05) is 6.92 Å². The van der Waals surface area contributed by atoms with Gasteiger partial charge in [-0.3, -0.25) is 9.52 Å². The number of nitrogens with zero attached hydrogens (tertiary/aromatic N) is 1. The molecule has 0 saturated heterocycles. The topological polar surface area (TPSA) is 88.2 Å². The Morgan fingerprint density at radius 1 is 1.19 bits per heavy atom. The monoisotopic (exact) mass is 389 g/mol. The zero-order valence-corrected chi connectivity index (χ0v) is 16.3. The molecular formula is C18H19N3O3S2. The third kappa shape index (κ3) is 3.86. The quantitative estimate of drug-likeness (QED) is 0.692. The molecule has 0 atom stereocenters. The highest BCUT2D eigenvalue weighted by Crippen LogP contribution is 2.32. The summed E-state index contributed by atoms with van der Waals surface area (Å²) in [5.74, 6) is -0.196. The molecule has 26 heavy (non-hydrogen) atoms. The Morgan fingerprint density at radius 2 is 1.88 bits per heavy atom. The van der Waals surface area contributed by atoms with Gasteiger partial charge in [-0.15, -0.1) is 0 Å². The third-order valence-electron chi connectivity index (χ3n) is 3.86. The fourth-order valence-electron chi connectivity index (χ4n) is 2.58. The highest BCUT2D eigenvalue weighted by molar-refractivity contribution is 7.92. The number of aryl methyl sites for hydroxylation is 2. The summed E-state index contributed by atoms with van der Waals surface area (Å²) in [5.41, 5.74) is 3.12. The fourth-order valence-corrected chi connectivity index (χ4v) is 4.65. The summed E-state index contributed by atoms with van der Waals surface area (Å²) in [6.45, 7) is 5.29. The second kappa shape index (κ2) is 7.05. The molecular weight excluding hydrogens is 370 g/mol. The first kappa shape index (κ1) is 18.3. The largest absolute Gasteiger partial charge is 0.302 e. The summed E-state index contributed by atoms with van der Waals surface area (Å²) in [4.78, 5) is 15.8. The van der Waals surface area contributed by atoms with Crippen LogP contribution in [0.1, 0.15) is 25.0 Å². The number of hydrogen-bond donors (Lipinski definition) is 2. The van der Waals surface area contributed by atoms with Crippen molar-refractivity contribution in [1.82, 2.24) is 4.98 Å². The second-order valence-electron chi connectivity index (χ2n) is 5.94. The van der Waals surface area contributed by atoms with E-state index in [1.807, 2.05) is 26.0 Å². The van der Waals surface area contributed by atoms with Gasteiger partial charge in [0.25, 0.3) is 10.0 Å². The summed E-state index contributed by atoms with van der Waals surface area (Å²) in [5, 5.41) is 3.15. The zero-order valence-electron chi connectivity index (χ0n) is 14.7. The SMILES string of the molecule is CCc1ccc(S(=O)(=O)Nc2cc(C)c3nc(NC(C)=O)sc3c2)cc1. The lowest BCUT2D eigenvalue weighted by Crippen LogP contribution is -2.13. The molecule has 3 aromatic rings. The Balaban J connectivity index is 1.93. The standard InChI is InChI=1S/C18H19N3O3S2/c1-4-13-5-7-15(8-6-13)26(23,24)21-14-9-11(2)17-16(10-14)25-18(20-17)19-12(3)22/h5-10,21H,4H2,1-3H3,(H,19,20,22). The molecule has 3 rings (SSSR count). The van der Waals surface area contributed by atoms with Crippen LogP contribution >= 0.6 is 11.3 Å². The average Bonchev–Trinajstić information content (AvgIpc) is 2.96. The minimum absolute atomic E-state index is 0.196. The van der Waals surface area contributed by atoms with Gasteiger partial charge in [-0.2, -0.15) is 0 Å². The first-order valence-corrected chi connectivity index (χ1v) is 10.4. The highest BCUT2D eigenvalue weighted by atomic mass is 32.2. The van der Waals surface area contributed by atoms with Crippen LogP contribution in [0.5, 0.6) is 0 Å². The minimum atomic E-state index is -3.67. The lowest BCUT2D eigenvalue weighted by atomic mass is 10.2. The number of anilines is 2. The van der Waals surface area contributed by atoms with Crippen molar-refractivity contribution >= 4 is 48.3 Å². The number of hydrogen-bond acceptors (Lipinski definition) is 5. The van der Waals surface area contributed by atoms with E-state index in [9.17, 15) is 13.2 Å². The van der Waals surface area contributed by atoms with Gasteiger partial charge < -0.3 is 5.32 Å². The van der Waals surface area contributed by atoms with E-state index in [4.69, 9.17) is 0 Å². The van der Waals surface area contributed by atoms with Crippen molar-refractivity contribution in [3.05, 3.63) is 47.5 Å². The summed E-state index contributed by atoms with van der Waals surface area (Å²) >= 11 is 1.30. The molecule has 1 heterocycles. The number of benzene rings is 2. The van der Waals surface area contributed by atoms with Gasteiger partial charge in [0.05, 0.1) is 20.8 Å². The minimum Gasteiger partial charge on any atom is -0.302 e. The van der Waals surface area contributed by atoms with Crippen molar-refractivity contribution in [2.75, 3.05) is 10.0 Å². The number of nitrogens with one attached hydrogen (secondary N) is 2. The molecule has 2 aromatic carbocycles. The Morgan fingerprint density at radius 3 is 2.50 bits per heavy atom. The van der Waals surface area contributed by atoms with Crippen molar-refractivity contribution in [3.63, 3.8) is 0 Å². The predicted molar refractivity (Wildman–Crippen MR) is 105 cm³/mol. The van der Waals surface area contributed by atoms with Crippen LogP contribution in [0.3, 0.4) is 0 Å². The smallest absolute Gasteiger partial charge is 0.261 e. The van der Waals surface area contributed by atoms with Crippen LogP contribution in [0.2, 0.25) is 0 Å². The fraction of sp³-hybridized carbons (Fsp3) is 0.222. The maximum Gasteiger partial charge on any atom is 0.261 e. The Kier molecular flexibility index (Phi) is 4.97. The molecule has 1 aromatic heterocycles. The number of aromatic nitrogens is 1. The molecule has 0 spiro atoms. The van der Waals surface area contributed by atoms with Crippen molar-refractivity contribution in [2.45, 2.75) is 32.1 Å². The van der Waals surface area contributed by atoms with Gasteiger partial charge in [0.15, 0.2) is 5.13 Å². The van der Waals surface area contributed by atoms with Gasteiger partial charge in [-0.05, 0) is 48.7 Å². The van der Waals surface area contributed by atoms with Crippen molar-refractivity contribution in [2.24, 2.45) is 0 Å². The van der Waals surface area contributed by atoms with E-state index in [0.717, 1.165) is 27.8 Å². The van der Waals surface area contributed by atoms with E-state index in [-0.39, 0.29) is 10.8 Å². The molecule has 0 fully saturated rings. The molecule has 0 unspecified atom stereocenters. The van der Waals surface area contributed by atoms with Crippen LogP contribution in [-0.4, -0.2) is 19.3 Å². The molecule has 6 nitrogen and oxygen atoms in total. The zero-order chi connectivity index (χ0) is 18.9. The van der Waals surface area contributed by atoms with Crippen molar-refractivity contribution in [1.29, 1.82) is 0 Å². The van der Waals surface area contributed by atoms with E-state index in [1.54, 1.807) is 24.3 Å². The number of carbonyl (C=O) groups excluding carboxylic acids is 1. The molecule has 0 aliphatic rings. The van der Waals surface area contributed by atoms with Crippen molar-refractivity contribution in [3.8, 4) is 0 Å². The number of thiazole rings is 1. The second-order valence-corrected chi connectivity index (χ2v) is 8.66. The highest BCUT2D eigenvalue weighted by Gasteiger charge is 2.16. The first-order chi connectivity index (χ1) is 12.3. The Hall–Kier alpha value is -2.45. The van der Waals surface area contributed by atoms with E-state index < -0.39 is 10.0 Å². The summed E-state index contributed by atoms with van der Waals surface area (Å²) in [6, 6.07) is 10.3. The third-order valence-corrected chi connectivity index (χ3v) is 6.18. The van der Waals surface area contributed by atoms with E-state index >= 15 is 0 Å². The molecule has 136 valence electrons. The number of amides is 1. The molecule has 0 radical (unpaired) electrons. The molecule has 0 aliphatic carbocycles. The lowest BCUT2D eigenvalue weighted by Gasteiger charge is -2.09. The van der Waals surface area contributed by atoms with Gasteiger partial charge in [0.2, 0.25) is 5.91 Å². The van der Waals surface area contributed by atoms with Crippen LogP contribution in [-0.2, 0) is 21.2 Å². The Bertz CT molecular complexity index is 1070. The molecule has 2 N–H and O–H groups in total. The van der Waals surface area contributed by atoms with Gasteiger partial charge in [-0.1, -0.05) is 30.4 Å². The summed E-state index contributed by atoms with van der Waals surface area (Å²) in [7, 11) is -3.67. The number of rotatable bonds is 5. The van der Waals surface area contributed by atoms with E-state index in [0.29, 0.717) is 10.8 Å². The van der Waals surface area contributed by atoms with Crippen LogP contribution in [0, 0.1) is 6.92 Å². The van der Waals surface area contributed by atoms with E-state index in [2.05, 4.69) is 15.0 Å². The van der Waals surface area contributed by atoms with Crippen LogP contribution < -0.4 is 10.0 Å². The number of sulfonamides is 1. The predicted octanol–water partition coefficient (Wildman–Crippen LogP) is 3.93. The van der Waals surface area contributed by atoms with Crippen LogP contribution in [0.4, 0.5) is 10.8 Å². The summed E-state index contributed by atoms with van der Waals surface area (Å²) < 4.78 is 28.7. The maximum absolute atomic E-state index is 12.6. The molecule has 0 bridgehead atoms. The maximum atomic E-state index is 12.6. The average molecular weight is 390 g/mol. The number of fused-ring (bicyclic) bond motifs is 1.